The molecule has 1 aliphatic heterocycles. The van der Waals surface area contributed by atoms with E-state index >= 15 is 0 Å². The molecule has 2 aromatic carbocycles. The highest BCUT2D eigenvalue weighted by molar-refractivity contribution is 5.31. The van der Waals surface area contributed by atoms with Crippen molar-refractivity contribution in [2.75, 3.05) is 26.7 Å². The van der Waals surface area contributed by atoms with E-state index in [1.807, 2.05) is 6.07 Å². The Bertz CT molecular complexity index is 633. The summed E-state index contributed by atoms with van der Waals surface area (Å²) in [7, 11) is 1.74. The molecule has 3 nitrogen and oxygen atoms in total. The number of nitrogens with one attached hydrogen (secondary N) is 1. The molecule has 1 heterocycles. The second-order valence-corrected chi connectivity index (χ2v) is 6.65. The van der Waals surface area contributed by atoms with Gasteiger partial charge in [-0.15, -0.1) is 0 Å². The van der Waals surface area contributed by atoms with E-state index in [2.05, 4.69) is 59.6 Å². The molecule has 3 rings (SSSR count). The van der Waals surface area contributed by atoms with Gasteiger partial charge in [0.25, 0.3) is 0 Å². The maximum Gasteiger partial charge on any atom is 0.119 e. The monoisotopic (exact) mass is 324 g/mol. The van der Waals surface area contributed by atoms with Crippen molar-refractivity contribution < 1.29 is 4.74 Å². The van der Waals surface area contributed by atoms with Crippen LogP contribution in [0.1, 0.15) is 35.6 Å². The van der Waals surface area contributed by atoms with E-state index in [9.17, 15) is 0 Å². The van der Waals surface area contributed by atoms with Crippen molar-refractivity contribution in [1.29, 1.82) is 0 Å². The summed E-state index contributed by atoms with van der Waals surface area (Å²) in [6.45, 7) is 6.38. The molecule has 24 heavy (non-hydrogen) atoms. The largest absolute Gasteiger partial charge is 0.497 e. The zero-order valence-corrected chi connectivity index (χ0v) is 14.8. The van der Waals surface area contributed by atoms with Gasteiger partial charge >= 0.3 is 0 Å². The van der Waals surface area contributed by atoms with Gasteiger partial charge in [0.05, 0.1) is 7.11 Å². The van der Waals surface area contributed by atoms with Crippen molar-refractivity contribution in [2.45, 2.75) is 32.4 Å². The summed E-state index contributed by atoms with van der Waals surface area (Å²) in [5.74, 6) is 0.940. The maximum absolute atomic E-state index is 5.41. The van der Waals surface area contributed by atoms with Gasteiger partial charge in [-0.3, -0.25) is 4.90 Å². The van der Waals surface area contributed by atoms with Gasteiger partial charge in [0.15, 0.2) is 0 Å². The third-order valence-electron chi connectivity index (χ3n) is 4.85. The SMILES string of the molecule is COc1cccc(C(CNCc2ccc(C)cc2)N2CCCC2)c1. The second-order valence-electron chi connectivity index (χ2n) is 6.65. The van der Waals surface area contributed by atoms with Crippen molar-refractivity contribution in [3.8, 4) is 5.75 Å². The van der Waals surface area contributed by atoms with Crippen LogP contribution in [0.2, 0.25) is 0 Å². The first kappa shape index (κ1) is 17.0. The fourth-order valence-electron chi connectivity index (χ4n) is 3.42. The first-order chi connectivity index (χ1) is 11.8. The number of likely N-dealkylation sites (tertiary alicyclic amines) is 1. The molecule has 0 aromatic heterocycles. The van der Waals surface area contributed by atoms with E-state index in [-0.39, 0.29) is 0 Å². The van der Waals surface area contributed by atoms with Gasteiger partial charge < -0.3 is 10.1 Å². The Morgan fingerprint density at radius 1 is 1.08 bits per heavy atom. The topological polar surface area (TPSA) is 24.5 Å². The molecule has 3 heteroatoms. The normalized spacial score (nSPS) is 16.2. The van der Waals surface area contributed by atoms with Gasteiger partial charge in [0.2, 0.25) is 0 Å². The van der Waals surface area contributed by atoms with Crippen LogP contribution in [0.4, 0.5) is 0 Å². The predicted octanol–water partition coefficient (Wildman–Crippen LogP) is 3.93. The van der Waals surface area contributed by atoms with E-state index in [1.165, 1.54) is 42.6 Å². The van der Waals surface area contributed by atoms with Crippen molar-refractivity contribution in [1.82, 2.24) is 10.2 Å². The Morgan fingerprint density at radius 3 is 2.54 bits per heavy atom. The van der Waals surface area contributed by atoms with Gasteiger partial charge in [-0.05, 0) is 56.1 Å². The number of aryl methyl sites for hydroxylation is 1. The van der Waals surface area contributed by atoms with Crippen LogP contribution in [-0.4, -0.2) is 31.6 Å². The first-order valence-corrected chi connectivity index (χ1v) is 8.90. The minimum atomic E-state index is 0.410. The maximum atomic E-state index is 5.41. The Morgan fingerprint density at radius 2 is 1.83 bits per heavy atom. The van der Waals surface area contributed by atoms with Gasteiger partial charge in [-0.2, -0.15) is 0 Å². The average Bonchev–Trinajstić information content (AvgIpc) is 3.14. The number of hydrogen-bond acceptors (Lipinski definition) is 3. The molecular weight excluding hydrogens is 296 g/mol. The fourth-order valence-corrected chi connectivity index (χ4v) is 3.42. The molecule has 128 valence electrons. The Hall–Kier alpha value is -1.84. The highest BCUT2D eigenvalue weighted by Gasteiger charge is 2.23. The lowest BCUT2D eigenvalue weighted by Crippen LogP contribution is -2.34. The molecule has 0 radical (unpaired) electrons. The first-order valence-electron chi connectivity index (χ1n) is 8.90. The zero-order chi connectivity index (χ0) is 16.8. The van der Waals surface area contributed by atoms with Gasteiger partial charge in [-0.25, -0.2) is 0 Å². The molecule has 1 aliphatic rings. The lowest BCUT2D eigenvalue weighted by Gasteiger charge is -2.28. The highest BCUT2D eigenvalue weighted by Crippen LogP contribution is 2.27. The van der Waals surface area contributed by atoms with E-state index in [0.29, 0.717) is 6.04 Å². The molecule has 1 fully saturated rings. The van der Waals surface area contributed by atoms with Crippen molar-refractivity contribution >= 4 is 0 Å². The summed E-state index contributed by atoms with van der Waals surface area (Å²) in [5, 5.41) is 3.65. The van der Waals surface area contributed by atoms with Gasteiger partial charge in [0, 0.05) is 19.1 Å². The second kappa shape index (κ2) is 8.32. The van der Waals surface area contributed by atoms with Crippen LogP contribution < -0.4 is 10.1 Å². The lowest BCUT2D eigenvalue weighted by atomic mass is 10.0. The van der Waals surface area contributed by atoms with Crippen molar-refractivity contribution in [2.24, 2.45) is 0 Å². The van der Waals surface area contributed by atoms with E-state index in [0.717, 1.165) is 18.8 Å². The highest BCUT2D eigenvalue weighted by atomic mass is 16.5. The molecule has 0 bridgehead atoms. The van der Waals surface area contributed by atoms with Crippen LogP contribution in [0.3, 0.4) is 0 Å². The van der Waals surface area contributed by atoms with E-state index < -0.39 is 0 Å². The smallest absolute Gasteiger partial charge is 0.119 e. The van der Waals surface area contributed by atoms with Crippen LogP contribution in [-0.2, 0) is 6.54 Å². The predicted molar refractivity (Wildman–Crippen MR) is 99.4 cm³/mol. The van der Waals surface area contributed by atoms with E-state index in [1.54, 1.807) is 7.11 Å². The fraction of sp³-hybridized carbons (Fsp3) is 0.429. The molecule has 1 N–H and O–H groups in total. The number of ether oxygens (including phenoxy) is 1. The van der Waals surface area contributed by atoms with Crippen LogP contribution in [0, 0.1) is 6.92 Å². The van der Waals surface area contributed by atoms with Crippen LogP contribution in [0.5, 0.6) is 5.75 Å². The Balaban J connectivity index is 1.66. The minimum Gasteiger partial charge on any atom is -0.497 e. The molecule has 0 aliphatic carbocycles. The molecule has 1 unspecified atom stereocenters. The number of rotatable bonds is 7. The number of nitrogens with zero attached hydrogens (tertiary/aromatic N) is 1. The molecule has 0 amide bonds. The van der Waals surface area contributed by atoms with Gasteiger partial charge in [-0.1, -0.05) is 42.0 Å². The van der Waals surface area contributed by atoms with Crippen LogP contribution >= 0.6 is 0 Å². The Kier molecular flexibility index (Phi) is 5.89. The quantitative estimate of drug-likeness (QED) is 0.835. The van der Waals surface area contributed by atoms with Crippen molar-refractivity contribution in [3.05, 3.63) is 65.2 Å². The summed E-state index contributed by atoms with van der Waals surface area (Å²) in [6, 6.07) is 17.7. The summed E-state index contributed by atoms with van der Waals surface area (Å²) in [4.78, 5) is 2.59. The van der Waals surface area contributed by atoms with Crippen LogP contribution in [0.15, 0.2) is 48.5 Å². The number of hydrogen-bond donors (Lipinski definition) is 1. The summed E-state index contributed by atoms with van der Waals surface area (Å²) in [5.41, 5.74) is 3.99. The molecule has 1 saturated heterocycles. The summed E-state index contributed by atoms with van der Waals surface area (Å²) >= 11 is 0. The molecule has 0 saturated carbocycles. The Labute approximate surface area is 145 Å². The number of methoxy groups -OCH3 is 1. The van der Waals surface area contributed by atoms with Gasteiger partial charge in [0.1, 0.15) is 5.75 Å². The minimum absolute atomic E-state index is 0.410. The standard InChI is InChI=1S/C21H28N2O/c1-17-8-10-18(11-9-17)15-22-16-21(23-12-3-4-13-23)19-6-5-7-20(14-19)24-2/h5-11,14,21-22H,3-4,12-13,15-16H2,1-2H3. The average molecular weight is 324 g/mol. The third-order valence-corrected chi connectivity index (χ3v) is 4.85. The summed E-state index contributed by atoms with van der Waals surface area (Å²) < 4.78 is 5.41. The van der Waals surface area contributed by atoms with Crippen molar-refractivity contribution in [3.63, 3.8) is 0 Å². The number of benzene rings is 2. The molecule has 1 atom stereocenters. The molecule has 2 aromatic rings. The molecule has 0 spiro atoms. The van der Waals surface area contributed by atoms with E-state index in [4.69, 9.17) is 4.74 Å². The molecular formula is C21H28N2O. The zero-order valence-electron chi connectivity index (χ0n) is 14.8. The van der Waals surface area contributed by atoms with Crippen LogP contribution in [0.25, 0.3) is 0 Å². The summed E-state index contributed by atoms with van der Waals surface area (Å²) in [6.07, 6.45) is 2.61. The lowest BCUT2D eigenvalue weighted by molar-refractivity contribution is 0.238. The third kappa shape index (κ3) is 4.37.